The Kier molecular flexibility index (Phi) is 8.79. The van der Waals surface area contributed by atoms with Crippen molar-refractivity contribution in [1.82, 2.24) is 24.7 Å². The molecule has 184 valence electrons. The third-order valence-corrected chi connectivity index (χ3v) is 8.44. The number of ether oxygens (including phenoxy) is 3. The minimum absolute atomic E-state index is 0.107. The first-order chi connectivity index (χ1) is 15.7. The van der Waals surface area contributed by atoms with Crippen LogP contribution in [-0.2, 0) is 29.8 Å². The van der Waals surface area contributed by atoms with E-state index in [0.29, 0.717) is 35.7 Å². The lowest BCUT2D eigenvalue weighted by molar-refractivity contribution is 0.0399. The predicted octanol–water partition coefficient (Wildman–Crippen LogP) is 2.90. The van der Waals surface area contributed by atoms with Gasteiger partial charge in [-0.15, -0.1) is 10.2 Å². The molecule has 0 spiro atoms. The Morgan fingerprint density at radius 1 is 1.15 bits per heavy atom. The van der Waals surface area contributed by atoms with Crippen molar-refractivity contribution in [3.05, 3.63) is 34.9 Å². The van der Waals surface area contributed by atoms with Crippen LogP contribution in [0.3, 0.4) is 0 Å². The van der Waals surface area contributed by atoms with Gasteiger partial charge in [0.05, 0.1) is 35.6 Å². The monoisotopic (exact) mass is 501 g/mol. The molecule has 0 aromatic carbocycles. The molecule has 3 rings (SSSR count). The fourth-order valence-electron chi connectivity index (χ4n) is 4.02. The van der Waals surface area contributed by atoms with Gasteiger partial charge in [0.2, 0.25) is 0 Å². The van der Waals surface area contributed by atoms with Crippen LogP contribution in [0.4, 0.5) is 0 Å². The zero-order valence-electron chi connectivity index (χ0n) is 19.6. The van der Waals surface area contributed by atoms with Crippen LogP contribution in [0.1, 0.15) is 69.1 Å². The van der Waals surface area contributed by atoms with Gasteiger partial charge >= 0.3 is 0 Å². The standard InChI is InChI=1S/C21H32ClN5O5S/c1-13-6-7-18(32-13)21-26-25-19(27(21)17(10-30-4)11-31-5)12-33(28,29)15(3)14(2)20-23-8-16(22)9-24-20/h8-9,13-15,17-18H,6-7,10-12H2,1-5H3/t13-,14+,15+,18-/m1/s1. The van der Waals surface area contributed by atoms with Gasteiger partial charge in [-0.25, -0.2) is 18.4 Å². The molecule has 0 N–H and O–H groups in total. The van der Waals surface area contributed by atoms with Crippen molar-refractivity contribution in [1.29, 1.82) is 0 Å². The van der Waals surface area contributed by atoms with Crippen LogP contribution in [0.2, 0.25) is 5.02 Å². The van der Waals surface area contributed by atoms with E-state index in [4.69, 9.17) is 25.8 Å². The van der Waals surface area contributed by atoms with E-state index in [1.165, 1.54) is 12.4 Å². The maximum Gasteiger partial charge on any atom is 0.162 e. The first-order valence-corrected chi connectivity index (χ1v) is 13.0. The summed E-state index contributed by atoms with van der Waals surface area (Å²) in [6.45, 7) is 6.09. The molecule has 2 aromatic rings. The smallest absolute Gasteiger partial charge is 0.162 e. The normalized spacial score (nSPS) is 20.9. The quantitative estimate of drug-likeness (QED) is 0.457. The summed E-state index contributed by atoms with van der Waals surface area (Å²) in [5, 5.41) is 8.27. The van der Waals surface area contributed by atoms with Crippen LogP contribution in [0.15, 0.2) is 12.4 Å². The molecular weight excluding hydrogens is 470 g/mol. The third-order valence-electron chi connectivity index (χ3n) is 6.04. The molecule has 12 heteroatoms. The molecule has 3 heterocycles. The highest BCUT2D eigenvalue weighted by atomic mass is 35.5. The fourth-order valence-corrected chi connectivity index (χ4v) is 5.68. The molecule has 1 aliphatic heterocycles. The minimum atomic E-state index is -3.64. The van der Waals surface area contributed by atoms with Gasteiger partial charge in [0.25, 0.3) is 0 Å². The minimum Gasteiger partial charge on any atom is -0.382 e. The summed E-state index contributed by atoms with van der Waals surface area (Å²) in [6.07, 6.45) is 4.48. The molecule has 0 unspecified atom stereocenters. The van der Waals surface area contributed by atoms with Crippen molar-refractivity contribution in [2.24, 2.45) is 0 Å². The molecule has 4 atom stereocenters. The van der Waals surface area contributed by atoms with Gasteiger partial charge in [-0.05, 0) is 26.7 Å². The summed E-state index contributed by atoms with van der Waals surface area (Å²) in [5.74, 6) is 0.637. The maximum atomic E-state index is 13.4. The third kappa shape index (κ3) is 6.07. The van der Waals surface area contributed by atoms with Crippen LogP contribution in [0, 0.1) is 0 Å². The van der Waals surface area contributed by atoms with Crippen LogP contribution in [-0.4, -0.2) is 71.9 Å². The second-order valence-electron chi connectivity index (χ2n) is 8.48. The number of rotatable bonds is 11. The van der Waals surface area contributed by atoms with E-state index in [0.717, 1.165) is 12.8 Å². The van der Waals surface area contributed by atoms with Gasteiger partial charge < -0.3 is 18.8 Å². The molecule has 2 aromatic heterocycles. The summed E-state index contributed by atoms with van der Waals surface area (Å²) in [6, 6.07) is -0.290. The lowest BCUT2D eigenvalue weighted by atomic mass is 10.1. The Balaban J connectivity index is 1.92. The van der Waals surface area contributed by atoms with Gasteiger partial charge in [0, 0.05) is 32.5 Å². The fraction of sp³-hybridized carbons (Fsp3) is 0.714. The van der Waals surface area contributed by atoms with Crippen molar-refractivity contribution in [3.8, 4) is 0 Å². The lowest BCUT2D eigenvalue weighted by Crippen LogP contribution is -2.30. The van der Waals surface area contributed by atoms with Crippen LogP contribution < -0.4 is 0 Å². The second kappa shape index (κ2) is 11.2. The Labute approximate surface area is 199 Å². The van der Waals surface area contributed by atoms with Crippen LogP contribution >= 0.6 is 11.6 Å². The molecular formula is C21H32ClN5O5S. The van der Waals surface area contributed by atoms with Gasteiger partial charge in [-0.2, -0.15) is 0 Å². The van der Waals surface area contributed by atoms with E-state index in [1.807, 2.05) is 11.5 Å². The number of methoxy groups -OCH3 is 2. The molecule has 0 bridgehead atoms. The van der Waals surface area contributed by atoms with E-state index in [1.54, 1.807) is 28.1 Å². The molecule has 0 radical (unpaired) electrons. The summed E-state index contributed by atoms with van der Waals surface area (Å²) in [5.41, 5.74) is 0. The number of halogens is 1. The first kappa shape index (κ1) is 26.0. The number of nitrogens with zero attached hydrogens (tertiary/aromatic N) is 5. The van der Waals surface area contributed by atoms with Crippen molar-refractivity contribution in [2.75, 3.05) is 27.4 Å². The number of hydrogen-bond donors (Lipinski definition) is 0. The highest BCUT2D eigenvalue weighted by Gasteiger charge is 2.35. The first-order valence-electron chi connectivity index (χ1n) is 10.9. The number of sulfone groups is 1. The van der Waals surface area contributed by atoms with Crippen LogP contribution in [0.25, 0.3) is 0 Å². The van der Waals surface area contributed by atoms with Crippen LogP contribution in [0.5, 0.6) is 0 Å². The molecule has 1 aliphatic rings. The van der Waals surface area contributed by atoms with Gasteiger partial charge in [0.15, 0.2) is 15.7 Å². The average Bonchev–Trinajstić information content (AvgIpc) is 3.38. The zero-order chi connectivity index (χ0) is 24.2. The van der Waals surface area contributed by atoms with E-state index in [9.17, 15) is 8.42 Å². The zero-order valence-corrected chi connectivity index (χ0v) is 21.2. The second-order valence-corrected chi connectivity index (χ2v) is 11.3. The Morgan fingerprint density at radius 2 is 1.79 bits per heavy atom. The van der Waals surface area contributed by atoms with E-state index < -0.39 is 21.0 Å². The SMILES string of the molecule is COCC(COC)n1c(CS(=O)(=O)[C@@H](C)[C@H](C)c2ncc(Cl)cn2)nnc1[C@H]1CC[C@@H](C)O1. The molecule has 1 saturated heterocycles. The molecule has 33 heavy (non-hydrogen) atoms. The predicted molar refractivity (Wildman–Crippen MR) is 123 cm³/mol. The van der Waals surface area contributed by atoms with Crippen molar-refractivity contribution < 1.29 is 22.6 Å². The summed E-state index contributed by atoms with van der Waals surface area (Å²) in [7, 11) is -0.456. The van der Waals surface area contributed by atoms with E-state index >= 15 is 0 Å². The highest BCUT2D eigenvalue weighted by molar-refractivity contribution is 7.91. The van der Waals surface area contributed by atoms with Gasteiger partial charge in [-0.1, -0.05) is 18.5 Å². The Morgan fingerprint density at radius 3 is 2.33 bits per heavy atom. The molecule has 0 saturated carbocycles. The molecule has 10 nitrogen and oxygen atoms in total. The van der Waals surface area contributed by atoms with Crippen molar-refractivity contribution in [2.45, 2.75) is 68.8 Å². The van der Waals surface area contributed by atoms with Gasteiger partial charge in [-0.3, -0.25) is 0 Å². The van der Waals surface area contributed by atoms with Gasteiger partial charge in [0.1, 0.15) is 23.5 Å². The molecule has 0 aliphatic carbocycles. The summed E-state index contributed by atoms with van der Waals surface area (Å²) >= 11 is 5.86. The highest BCUT2D eigenvalue weighted by Crippen LogP contribution is 2.34. The molecule has 0 amide bonds. The van der Waals surface area contributed by atoms with Crippen molar-refractivity contribution >= 4 is 21.4 Å². The maximum absolute atomic E-state index is 13.4. The summed E-state index contributed by atoms with van der Waals surface area (Å²) < 4.78 is 45.4. The molecule has 1 fully saturated rings. The number of hydrogen-bond acceptors (Lipinski definition) is 9. The topological polar surface area (TPSA) is 118 Å². The van der Waals surface area contributed by atoms with Crippen molar-refractivity contribution in [3.63, 3.8) is 0 Å². The Hall–Kier alpha value is -1.66. The van der Waals surface area contributed by atoms with E-state index in [2.05, 4.69) is 20.2 Å². The van der Waals surface area contributed by atoms with E-state index in [-0.39, 0.29) is 24.0 Å². The number of aromatic nitrogens is 5. The Bertz CT molecular complexity index is 1010. The summed E-state index contributed by atoms with van der Waals surface area (Å²) in [4.78, 5) is 8.38. The average molecular weight is 502 g/mol. The lowest BCUT2D eigenvalue weighted by Gasteiger charge is -2.24. The largest absolute Gasteiger partial charge is 0.382 e.